The molecule has 0 radical (unpaired) electrons. The number of methoxy groups -OCH3 is 1. The molecule has 2 aliphatic carbocycles. The van der Waals surface area contributed by atoms with Crippen molar-refractivity contribution in [3.8, 4) is 0 Å². The molecule has 1 aromatic heterocycles. The van der Waals surface area contributed by atoms with Crippen molar-refractivity contribution in [1.82, 2.24) is 20.5 Å². The number of hydrogen-bond donors (Lipinski definition) is 3. The number of aromatic nitrogens is 1. The number of likely N-dealkylation sites (N-methyl/N-ethyl adjacent to an activating group) is 1. The van der Waals surface area contributed by atoms with Crippen molar-refractivity contribution in [3.63, 3.8) is 0 Å². The van der Waals surface area contributed by atoms with Crippen molar-refractivity contribution >= 4 is 11.6 Å². The number of carbonyl (C=O) groups is 1. The van der Waals surface area contributed by atoms with E-state index in [1.807, 2.05) is 19.9 Å². The van der Waals surface area contributed by atoms with E-state index in [2.05, 4.69) is 58.4 Å². The number of nitrogens with one attached hydrogen (secondary N) is 3. The Morgan fingerprint density at radius 3 is 2.53 bits per heavy atom. The first-order valence-corrected chi connectivity index (χ1v) is 17.1. The third kappa shape index (κ3) is 8.17. The Hall–Kier alpha value is -2.72. The van der Waals surface area contributed by atoms with Gasteiger partial charge in [0, 0.05) is 74.4 Å². The SMILES string of the molecule is CCN(c1cc(C2CC2CC2CNCCO2)cc(C(=O)NCc2c(C)cc(C)[nH]c2=O)c1C)[C@H]1CC[C@H](N(C)CCOC)CC1. The fourth-order valence-corrected chi connectivity index (χ4v) is 7.71. The van der Waals surface area contributed by atoms with E-state index in [1.54, 1.807) is 7.11 Å². The molecule has 9 nitrogen and oxygen atoms in total. The highest BCUT2D eigenvalue weighted by Gasteiger charge is 2.41. The number of pyridine rings is 1. The van der Waals surface area contributed by atoms with Crippen LogP contribution in [-0.2, 0) is 16.0 Å². The van der Waals surface area contributed by atoms with Crippen LogP contribution in [0.2, 0.25) is 0 Å². The quantitative estimate of drug-likeness (QED) is 0.305. The average Bonchev–Trinajstić information content (AvgIpc) is 3.80. The maximum absolute atomic E-state index is 13.9. The van der Waals surface area contributed by atoms with Gasteiger partial charge in [0.2, 0.25) is 0 Å². The van der Waals surface area contributed by atoms with Gasteiger partial charge in [-0.3, -0.25) is 9.59 Å². The molecule has 1 saturated heterocycles. The third-order valence-electron chi connectivity index (χ3n) is 10.5. The zero-order valence-electron chi connectivity index (χ0n) is 28.3. The number of ether oxygens (including phenoxy) is 2. The molecule has 45 heavy (non-hydrogen) atoms. The average molecular weight is 622 g/mol. The molecule has 1 aliphatic heterocycles. The summed E-state index contributed by atoms with van der Waals surface area (Å²) < 4.78 is 11.3. The second-order valence-corrected chi connectivity index (χ2v) is 13.6. The number of aryl methyl sites for hydroxylation is 2. The van der Waals surface area contributed by atoms with Crippen LogP contribution >= 0.6 is 0 Å². The summed E-state index contributed by atoms with van der Waals surface area (Å²) in [6.07, 6.45) is 7.04. The molecule has 2 heterocycles. The van der Waals surface area contributed by atoms with Crippen LogP contribution in [-0.4, -0.2) is 87.5 Å². The molecule has 3 N–H and O–H groups in total. The van der Waals surface area contributed by atoms with E-state index >= 15 is 0 Å². The minimum Gasteiger partial charge on any atom is -0.383 e. The normalized spacial score (nSPS) is 24.9. The predicted octanol–water partition coefficient (Wildman–Crippen LogP) is 4.43. The molecular weight excluding hydrogens is 566 g/mol. The molecule has 248 valence electrons. The minimum absolute atomic E-state index is 0.119. The fraction of sp³-hybridized carbons (Fsp3) is 0.667. The zero-order chi connectivity index (χ0) is 32.1. The van der Waals surface area contributed by atoms with Crippen LogP contribution in [0.1, 0.15) is 89.7 Å². The van der Waals surface area contributed by atoms with Gasteiger partial charge in [0.15, 0.2) is 0 Å². The van der Waals surface area contributed by atoms with Crippen molar-refractivity contribution < 1.29 is 14.3 Å². The highest BCUT2D eigenvalue weighted by atomic mass is 16.5. The molecule has 3 atom stereocenters. The van der Waals surface area contributed by atoms with Crippen molar-refractivity contribution in [1.29, 1.82) is 0 Å². The molecule has 3 aliphatic rings. The summed E-state index contributed by atoms with van der Waals surface area (Å²) in [5.74, 6) is 0.891. The largest absolute Gasteiger partial charge is 0.383 e. The summed E-state index contributed by atoms with van der Waals surface area (Å²) in [7, 11) is 3.98. The van der Waals surface area contributed by atoms with Crippen LogP contribution in [0.15, 0.2) is 23.0 Å². The van der Waals surface area contributed by atoms with Crippen molar-refractivity contribution in [2.75, 3.05) is 58.5 Å². The zero-order valence-corrected chi connectivity index (χ0v) is 28.3. The van der Waals surface area contributed by atoms with Gasteiger partial charge in [-0.2, -0.15) is 0 Å². The molecule has 2 aromatic rings. The topological polar surface area (TPSA) is 98.9 Å². The van der Waals surface area contributed by atoms with Crippen LogP contribution in [0, 0.1) is 26.7 Å². The Morgan fingerprint density at radius 1 is 1.11 bits per heavy atom. The molecule has 0 bridgehead atoms. The number of morpholine rings is 1. The van der Waals surface area contributed by atoms with Crippen molar-refractivity contribution in [3.05, 3.63) is 62.1 Å². The minimum atomic E-state index is -0.139. The van der Waals surface area contributed by atoms with Gasteiger partial charge in [-0.15, -0.1) is 0 Å². The summed E-state index contributed by atoms with van der Waals surface area (Å²) in [6.45, 7) is 13.6. The van der Waals surface area contributed by atoms with Crippen LogP contribution in [0.5, 0.6) is 0 Å². The molecule has 5 rings (SSSR count). The molecular formula is C36H55N5O4. The second-order valence-electron chi connectivity index (χ2n) is 13.6. The summed E-state index contributed by atoms with van der Waals surface area (Å²) in [6, 6.07) is 7.49. The Kier molecular flexibility index (Phi) is 11.4. The number of benzene rings is 1. The lowest BCUT2D eigenvalue weighted by Gasteiger charge is -2.41. The number of rotatable bonds is 13. The smallest absolute Gasteiger partial charge is 0.253 e. The molecule has 3 fully saturated rings. The van der Waals surface area contributed by atoms with Crippen molar-refractivity contribution in [2.24, 2.45) is 5.92 Å². The summed E-state index contributed by atoms with van der Waals surface area (Å²) in [5, 5.41) is 6.56. The Morgan fingerprint density at radius 2 is 1.87 bits per heavy atom. The van der Waals surface area contributed by atoms with Gasteiger partial charge >= 0.3 is 0 Å². The lowest BCUT2D eigenvalue weighted by Crippen LogP contribution is -2.44. The number of hydrogen-bond acceptors (Lipinski definition) is 7. The summed E-state index contributed by atoms with van der Waals surface area (Å²) in [4.78, 5) is 34.4. The molecule has 3 unspecified atom stereocenters. The molecule has 1 aromatic carbocycles. The number of amides is 1. The maximum Gasteiger partial charge on any atom is 0.253 e. The summed E-state index contributed by atoms with van der Waals surface area (Å²) >= 11 is 0. The van der Waals surface area contributed by atoms with Crippen LogP contribution < -0.4 is 21.1 Å². The molecule has 2 saturated carbocycles. The standard InChI is InChI=1S/C36H55N5O4/c1-7-41(29-10-8-28(9-11-29)40(5)13-15-44-6)34-20-27(32-19-26(32)17-30-21-37-12-14-45-30)18-31(25(34)4)35(42)38-22-33-23(2)16-24(3)39-36(33)43/h16,18,20,26,28-30,32,37H,7-15,17,19,21-22H2,1-6H3,(H,38,42)(H,39,43)/t26?,28-,29-,30?,32?. The van der Waals surface area contributed by atoms with Gasteiger partial charge < -0.3 is 34.9 Å². The van der Waals surface area contributed by atoms with Gasteiger partial charge in [0.05, 0.1) is 19.3 Å². The van der Waals surface area contributed by atoms with Gasteiger partial charge in [0.1, 0.15) is 0 Å². The number of aromatic amines is 1. The lowest BCUT2D eigenvalue weighted by molar-refractivity contribution is 0.0199. The van der Waals surface area contributed by atoms with E-state index in [0.29, 0.717) is 29.5 Å². The first kappa shape index (κ1) is 33.6. The number of anilines is 1. The third-order valence-corrected chi connectivity index (χ3v) is 10.5. The second kappa shape index (κ2) is 15.2. The molecule has 9 heteroatoms. The van der Waals surface area contributed by atoms with Crippen LogP contribution in [0.25, 0.3) is 0 Å². The summed E-state index contributed by atoms with van der Waals surface area (Å²) in [5.41, 5.74) is 6.36. The lowest BCUT2D eigenvalue weighted by atomic mass is 9.88. The van der Waals surface area contributed by atoms with E-state index in [-0.39, 0.29) is 24.1 Å². The monoisotopic (exact) mass is 621 g/mol. The maximum atomic E-state index is 13.9. The van der Waals surface area contributed by atoms with Gasteiger partial charge in [-0.25, -0.2) is 0 Å². The van der Waals surface area contributed by atoms with E-state index < -0.39 is 0 Å². The van der Waals surface area contributed by atoms with E-state index in [4.69, 9.17) is 9.47 Å². The first-order valence-electron chi connectivity index (χ1n) is 17.1. The van der Waals surface area contributed by atoms with E-state index in [1.165, 1.54) is 11.3 Å². The molecule has 1 amide bonds. The Labute approximate surface area is 269 Å². The Balaban J connectivity index is 1.38. The molecule has 0 spiro atoms. The number of carbonyl (C=O) groups excluding carboxylic acids is 1. The van der Waals surface area contributed by atoms with E-state index in [0.717, 1.165) is 100 Å². The van der Waals surface area contributed by atoms with Gasteiger partial charge in [-0.05, 0) is 120 Å². The first-order chi connectivity index (χ1) is 21.7. The fourth-order valence-electron chi connectivity index (χ4n) is 7.71. The van der Waals surface area contributed by atoms with Gasteiger partial charge in [-0.1, -0.05) is 0 Å². The van der Waals surface area contributed by atoms with Crippen LogP contribution in [0.3, 0.4) is 0 Å². The van der Waals surface area contributed by atoms with E-state index in [9.17, 15) is 9.59 Å². The number of nitrogens with zero attached hydrogens (tertiary/aromatic N) is 2. The highest BCUT2D eigenvalue weighted by molar-refractivity contribution is 5.97. The van der Waals surface area contributed by atoms with Gasteiger partial charge in [0.25, 0.3) is 11.5 Å². The van der Waals surface area contributed by atoms with Crippen LogP contribution in [0.4, 0.5) is 5.69 Å². The Bertz CT molecular complexity index is 1360. The highest BCUT2D eigenvalue weighted by Crippen LogP contribution is 2.52. The predicted molar refractivity (Wildman–Crippen MR) is 181 cm³/mol. The number of H-pyrrole nitrogens is 1. The van der Waals surface area contributed by atoms with Crippen molar-refractivity contribution in [2.45, 2.75) is 96.9 Å².